The van der Waals surface area contributed by atoms with Crippen LogP contribution in [-0.4, -0.2) is 17.0 Å². The number of benzene rings is 1. The first-order chi connectivity index (χ1) is 9.43. The Morgan fingerprint density at radius 2 is 1.85 bits per heavy atom. The van der Waals surface area contributed by atoms with E-state index in [1.54, 1.807) is 0 Å². The molecule has 1 aromatic rings. The Morgan fingerprint density at radius 1 is 1.25 bits per heavy atom. The molecule has 0 aliphatic heterocycles. The van der Waals surface area contributed by atoms with Gasteiger partial charge in [-0.15, -0.1) is 0 Å². The van der Waals surface area contributed by atoms with Crippen molar-refractivity contribution in [3.8, 4) is 0 Å². The van der Waals surface area contributed by atoms with Crippen LogP contribution in [0.15, 0.2) is 24.3 Å². The molecule has 1 aliphatic rings. The van der Waals surface area contributed by atoms with Crippen molar-refractivity contribution in [2.24, 2.45) is 5.41 Å². The van der Waals surface area contributed by atoms with Crippen LogP contribution in [-0.2, 0) is 9.59 Å². The van der Waals surface area contributed by atoms with E-state index in [2.05, 4.69) is 19.2 Å². The molecule has 0 unspecified atom stereocenters. The van der Waals surface area contributed by atoms with Gasteiger partial charge in [-0.25, -0.2) is 0 Å². The summed E-state index contributed by atoms with van der Waals surface area (Å²) in [6, 6.07) is 7.69. The van der Waals surface area contributed by atoms with Gasteiger partial charge in [-0.1, -0.05) is 32.4 Å². The summed E-state index contributed by atoms with van der Waals surface area (Å²) in [4.78, 5) is 23.2. The number of carbonyl (C=O) groups is 2. The lowest BCUT2D eigenvalue weighted by atomic mass is 9.66. The van der Waals surface area contributed by atoms with Gasteiger partial charge < -0.3 is 10.4 Å². The lowest BCUT2D eigenvalue weighted by molar-refractivity contribution is -0.157. The maximum atomic E-state index is 12.0. The third kappa shape index (κ3) is 3.00. The minimum atomic E-state index is -0.853. The van der Waals surface area contributed by atoms with E-state index in [0.29, 0.717) is 18.8 Å². The van der Waals surface area contributed by atoms with E-state index in [0.717, 1.165) is 12.1 Å². The normalized spacial score (nSPS) is 16.6. The smallest absolute Gasteiger partial charge is 0.310 e. The fourth-order valence-corrected chi connectivity index (χ4v) is 2.53. The Morgan fingerprint density at radius 3 is 2.25 bits per heavy atom. The second-order valence-electron chi connectivity index (χ2n) is 5.94. The number of rotatable bonds is 5. The molecular formula is C16H21NO3. The van der Waals surface area contributed by atoms with Gasteiger partial charge in [-0.2, -0.15) is 0 Å². The second kappa shape index (κ2) is 5.65. The van der Waals surface area contributed by atoms with E-state index in [-0.39, 0.29) is 12.3 Å². The summed E-state index contributed by atoms with van der Waals surface area (Å²) in [7, 11) is 0. The molecule has 0 radical (unpaired) electrons. The van der Waals surface area contributed by atoms with Crippen LogP contribution >= 0.6 is 0 Å². The zero-order chi connectivity index (χ0) is 14.8. The van der Waals surface area contributed by atoms with E-state index < -0.39 is 11.4 Å². The second-order valence-corrected chi connectivity index (χ2v) is 5.94. The molecule has 1 amide bonds. The number of carboxylic acids is 1. The van der Waals surface area contributed by atoms with Gasteiger partial charge in [-0.05, 0) is 36.5 Å². The Kier molecular flexibility index (Phi) is 4.12. The molecule has 4 nitrogen and oxygen atoms in total. The van der Waals surface area contributed by atoms with Gasteiger partial charge in [-0.3, -0.25) is 9.59 Å². The molecule has 1 aliphatic carbocycles. The zero-order valence-electron chi connectivity index (χ0n) is 12.0. The van der Waals surface area contributed by atoms with Gasteiger partial charge in [0.05, 0.1) is 5.41 Å². The van der Waals surface area contributed by atoms with Crippen molar-refractivity contribution in [2.75, 3.05) is 5.32 Å². The highest BCUT2D eigenvalue weighted by molar-refractivity contribution is 5.94. The molecule has 2 N–H and O–H groups in total. The average molecular weight is 275 g/mol. The standard InChI is InChI=1S/C16H21NO3/c1-11(2)12-4-6-13(7-5-12)17-14(18)10-16(15(19)20)8-3-9-16/h4-7,11H,3,8-10H2,1-2H3,(H,17,18)(H,19,20). The molecule has 0 saturated heterocycles. The average Bonchev–Trinajstić information content (AvgIpc) is 2.34. The molecule has 0 heterocycles. The van der Waals surface area contributed by atoms with Crippen LogP contribution in [0.4, 0.5) is 5.69 Å². The fourth-order valence-electron chi connectivity index (χ4n) is 2.53. The summed E-state index contributed by atoms with van der Waals surface area (Å²) >= 11 is 0. The van der Waals surface area contributed by atoms with E-state index in [4.69, 9.17) is 0 Å². The molecule has 4 heteroatoms. The molecule has 0 spiro atoms. The molecule has 0 bridgehead atoms. The third-order valence-electron chi connectivity index (χ3n) is 4.12. The molecule has 1 saturated carbocycles. The van der Waals surface area contributed by atoms with Crippen molar-refractivity contribution in [1.82, 2.24) is 0 Å². The summed E-state index contributed by atoms with van der Waals surface area (Å²) in [6.45, 7) is 4.22. The molecule has 1 aromatic carbocycles. The molecule has 0 atom stereocenters. The minimum absolute atomic E-state index is 0.0638. The predicted molar refractivity (Wildman–Crippen MR) is 77.7 cm³/mol. The van der Waals surface area contributed by atoms with Crippen molar-refractivity contribution >= 4 is 17.6 Å². The number of carboxylic acid groups (broad SMARTS) is 1. The summed E-state index contributed by atoms with van der Waals surface area (Å²) < 4.78 is 0. The summed E-state index contributed by atoms with van der Waals surface area (Å²) in [5.74, 6) is -0.622. The summed E-state index contributed by atoms with van der Waals surface area (Å²) in [6.07, 6.45) is 2.15. The van der Waals surface area contributed by atoms with Gasteiger partial charge in [0, 0.05) is 12.1 Å². The lowest BCUT2D eigenvalue weighted by Gasteiger charge is -2.36. The van der Waals surface area contributed by atoms with Crippen LogP contribution < -0.4 is 5.32 Å². The minimum Gasteiger partial charge on any atom is -0.481 e. The number of anilines is 1. The Labute approximate surface area is 119 Å². The topological polar surface area (TPSA) is 66.4 Å². The van der Waals surface area contributed by atoms with Crippen molar-refractivity contribution in [2.45, 2.75) is 45.4 Å². The van der Waals surface area contributed by atoms with Crippen molar-refractivity contribution < 1.29 is 14.7 Å². The first-order valence-electron chi connectivity index (χ1n) is 7.06. The molecule has 1 fully saturated rings. The lowest BCUT2D eigenvalue weighted by Crippen LogP contribution is -2.41. The third-order valence-corrected chi connectivity index (χ3v) is 4.12. The van der Waals surface area contributed by atoms with E-state index in [1.807, 2.05) is 24.3 Å². The molecular weight excluding hydrogens is 254 g/mol. The molecule has 20 heavy (non-hydrogen) atoms. The van der Waals surface area contributed by atoms with Gasteiger partial charge >= 0.3 is 5.97 Å². The highest BCUT2D eigenvalue weighted by atomic mass is 16.4. The molecule has 2 rings (SSSR count). The van der Waals surface area contributed by atoms with Gasteiger partial charge in [0.15, 0.2) is 0 Å². The Bertz CT molecular complexity index is 501. The SMILES string of the molecule is CC(C)c1ccc(NC(=O)CC2(C(=O)O)CCC2)cc1. The highest BCUT2D eigenvalue weighted by Gasteiger charge is 2.45. The first-order valence-corrected chi connectivity index (χ1v) is 7.06. The summed E-state index contributed by atoms with van der Waals surface area (Å²) in [5.41, 5.74) is 1.10. The number of amides is 1. The van der Waals surface area contributed by atoms with Crippen LogP contribution in [0.25, 0.3) is 0 Å². The maximum Gasteiger partial charge on any atom is 0.310 e. The molecule has 108 valence electrons. The largest absolute Gasteiger partial charge is 0.481 e. The van der Waals surface area contributed by atoms with Crippen LogP contribution in [0.3, 0.4) is 0 Å². The number of aliphatic carboxylic acids is 1. The van der Waals surface area contributed by atoms with Crippen LogP contribution in [0.2, 0.25) is 0 Å². The number of carbonyl (C=O) groups excluding carboxylic acids is 1. The Balaban J connectivity index is 1.96. The van der Waals surface area contributed by atoms with Crippen molar-refractivity contribution in [3.63, 3.8) is 0 Å². The number of hydrogen-bond donors (Lipinski definition) is 2. The fraction of sp³-hybridized carbons (Fsp3) is 0.500. The van der Waals surface area contributed by atoms with Crippen LogP contribution in [0, 0.1) is 5.41 Å². The number of nitrogens with one attached hydrogen (secondary N) is 1. The van der Waals surface area contributed by atoms with Gasteiger partial charge in [0.25, 0.3) is 0 Å². The van der Waals surface area contributed by atoms with Crippen LogP contribution in [0.5, 0.6) is 0 Å². The maximum absolute atomic E-state index is 12.0. The first kappa shape index (κ1) is 14.6. The van der Waals surface area contributed by atoms with Crippen molar-refractivity contribution in [1.29, 1.82) is 0 Å². The van der Waals surface area contributed by atoms with E-state index in [9.17, 15) is 14.7 Å². The quantitative estimate of drug-likeness (QED) is 0.865. The van der Waals surface area contributed by atoms with E-state index >= 15 is 0 Å². The van der Waals surface area contributed by atoms with Gasteiger partial charge in [0.1, 0.15) is 0 Å². The van der Waals surface area contributed by atoms with Crippen molar-refractivity contribution in [3.05, 3.63) is 29.8 Å². The van der Waals surface area contributed by atoms with Gasteiger partial charge in [0.2, 0.25) is 5.91 Å². The monoisotopic (exact) mass is 275 g/mol. The number of hydrogen-bond acceptors (Lipinski definition) is 2. The van der Waals surface area contributed by atoms with Crippen LogP contribution in [0.1, 0.15) is 51.0 Å². The molecule has 0 aromatic heterocycles. The van der Waals surface area contributed by atoms with E-state index in [1.165, 1.54) is 5.56 Å². The Hall–Kier alpha value is -1.84. The predicted octanol–water partition coefficient (Wildman–Crippen LogP) is 3.39. The summed E-state index contributed by atoms with van der Waals surface area (Å²) in [5, 5.41) is 12.0. The zero-order valence-corrected chi connectivity index (χ0v) is 12.0. The highest BCUT2D eigenvalue weighted by Crippen LogP contribution is 2.44.